The van der Waals surface area contributed by atoms with E-state index in [0.29, 0.717) is 6.54 Å². The smallest absolute Gasteiger partial charge is 0.335 e. The molecule has 0 atom stereocenters. The first-order valence-electron chi connectivity index (χ1n) is 14.0. The highest BCUT2D eigenvalue weighted by atomic mass is 32.2. The topological polar surface area (TPSA) is 158 Å². The lowest BCUT2D eigenvalue weighted by Crippen LogP contribution is -2.29. The summed E-state index contributed by atoms with van der Waals surface area (Å²) in [7, 11) is -8.76. The number of rotatable bonds is 11. The van der Waals surface area contributed by atoms with Gasteiger partial charge in [0.1, 0.15) is 6.54 Å². The predicted octanol–water partition coefficient (Wildman–Crippen LogP) is 4.18. The second-order valence-corrected chi connectivity index (χ2v) is 15.2. The molecule has 10 nitrogen and oxygen atoms in total. The van der Waals surface area contributed by atoms with Crippen molar-refractivity contribution in [3.63, 3.8) is 0 Å². The Balaban J connectivity index is 1.77. The number of hydrogen-bond donors (Lipinski definition) is 1. The zero-order chi connectivity index (χ0) is 32.0. The minimum Gasteiger partial charge on any atom is -0.748 e. The van der Waals surface area contributed by atoms with E-state index in [4.69, 9.17) is 0 Å². The summed E-state index contributed by atoms with van der Waals surface area (Å²) in [5.41, 5.74) is 5.42. The molecule has 0 saturated carbocycles. The number of anilines is 1. The lowest BCUT2D eigenvalue weighted by Gasteiger charge is -2.27. The van der Waals surface area contributed by atoms with Gasteiger partial charge in [-0.1, -0.05) is 37.6 Å². The van der Waals surface area contributed by atoms with Gasteiger partial charge in [-0.15, -0.1) is 0 Å². The summed E-state index contributed by atoms with van der Waals surface area (Å²) in [6.45, 7) is 10.7. The van der Waals surface area contributed by atoms with E-state index in [9.17, 15) is 35.8 Å². The lowest BCUT2D eigenvalue weighted by atomic mass is 9.80. The van der Waals surface area contributed by atoms with Crippen LogP contribution < -0.4 is 4.90 Å². The zero-order valence-corrected chi connectivity index (χ0v) is 26.6. The van der Waals surface area contributed by atoms with Crippen LogP contribution in [-0.4, -0.2) is 71.9 Å². The van der Waals surface area contributed by atoms with Crippen molar-refractivity contribution in [2.45, 2.75) is 58.3 Å². The van der Waals surface area contributed by atoms with Crippen LogP contribution in [0.5, 0.6) is 0 Å². The predicted molar refractivity (Wildman–Crippen MR) is 163 cm³/mol. The second-order valence-electron chi connectivity index (χ2n) is 12.1. The number of carboxylic acids is 1. The van der Waals surface area contributed by atoms with Crippen LogP contribution in [0.25, 0.3) is 0 Å². The molecule has 2 aromatic carbocycles. The van der Waals surface area contributed by atoms with Crippen LogP contribution in [-0.2, 0) is 31.1 Å². The largest absolute Gasteiger partial charge is 0.748 e. The third-order valence-electron chi connectivity index (χ3n) is 8.25. The Morgan fingerprint density at radius 3 is 2.21 bits per heavy atom. The standard InChI is InChI=1S/C31H38N2O8S2/c1-21-11-13-25-23(19-21)30(2,3)27(32(25)15-7-17-42(36,37)38)9-6-10-28-31(4,5)24-20-22(29(34)35)12-14-26(24)33(28)16-8-18-43(39,40)41/h6,9-14,19-20H,7-8,15-18H2,1-5H3,(H2-,34,35,36,37,38,39,40,41)/p-1. The van der Waals surface area contributed by atoms with Crippen LogP contribution >= 0.6 is 0 Å². The fraction of sp³-hybridized carbons (Fsp3) is 0.419. The van der Waals surface area contributed by atoms with Gasteiger partial charge in [0.15, 0.2) is 5.71 Å². The van der Waals surface area contributed by atoms with Gasteiger partial charge in [-0.3, -0.25) is 0 Å². The van der Waals surface area contributed by atoms with Crippen LogP contribution in [0.2, 0.25) is 0 Å². The molecule has 232 valence electrons. The van der Waals surface area contributed by atoms with E-state index in [1.165, 1.54) is 6.07 Å². The Kier molecular flexibility index (Phi) is 8.82. The molecule has 0 fully saturated rings. The minimum atomic E-state index is -4.40. The third kappa shape index (κ3) is 6.93. The SMILES string of the molecule is Cc1ccc2c(c1)C(C)(C)/C(=C\C=C\C1=[N+](CCCS(=O)(=O)[O-])c3ccc(C(=O)O)cc3C1(C)C)N2CCCS(=O)(=O)[O-]. The molecule has 4 rings (SSSR count). The van der Waals surface area contributed by atoms with E-state index in [1.807, 2.05) is 60.6 Å². The molecule has 2 aliphatic rings. The first-order chi connectivity index (χ1) is 19.8. The van der Waals surface area contributed by atoms with Crippen molar-refractivity contribution in [2.75, 3.05) is 29.5 Å². The quantitative estimate of drug-likeness (QED) is 0.284. The third-order valence-corrected chi connectivity index (χ3v) is 9.82. The lowest BCUT2D eigenvalue weighted by molar-refractivity contribution is -0.437. The maximum absolute atomic E-state index is 11.7. The van der Waals surface area contributed by atoms with Gasteiger partial charge < -0.3 is 19.1 Å². The summed E-state index contributed by atoms with van der Waals surface area (Å²) in [6, 6.07) is 10.9. The molecule has 0 unspecified atom stereocenters. The molecule has 0 spiro atoms. The number of hydrogen-bond acceptors (Lipinski definition) is 8. The number of aryl methyl sites for hydroxylation is 1. The summed E-state index contributed by atoms with van der Waals surface area (Å²) in [5, 5.41) is 9.58. The average Bonchev–Trinajstić information content (AvgIpc) is 3.21. The molecule has 2 aliphatic heterocycles. The zero-order valence-electron chi connectivity index (χ0n) is 25.0. The number of fused-ring (bicyclic) bond motifs is 2. The molecule has 0 amide bonds. The van der Waals surface area contributed by atoms with Crippen molar-refractivity contribution in [1.29, 1.82) is 0 Å². The Labute approximate surface area is 253 Å². The molecule has 2 heterocycles. The van der Waals surface area contributed by atoms with E-state index < -0.39 is 48.5 Å². The van der Waals surface area contributed by atoms with Gasteiger partial charge in [-0.2, -0.15) is 4.58 Å². The van der Waals surface area contributed by atoms with Crippen molar-refractivity contribution in [1.82, 2.24) is 0 Å². The molecule has 12 heteroatoms. The van der Waals surface area contributed by atoms with Crippen LogP contribution in [0.1, 0.15) is 67.6 Å². The maximum atomic E-state index is 11.7. The van der Waals surface area contributed by atoms with Gasteiger partial charge in [-0.05, 0) is 57.0 Å². The van der Waals surface area contributed by atoms with Crippen molar-refractivity contribution in [2.24, 2.45) is 0 Å². The number of carboxylic acid groups (broad SMARTS) is 1. The van der Waals surface area contributed by atoms with Crippen molar-refractivity contribution in [3.05, 3.63) is 82.6 Å². The van der Waals surface area contributed by atoms with Crippen LogP contribution in [0.15, 0.2) is 60.3 Å². The Bertz CT molecular complexity index is 1770. The second kappa shape index (κ2) is 11.6. The first kappa shape index (κ1) is 32.6. The Morgan fingerprint density at radius 1 is 0.930 bits per heavy atom. The van der Waals surface area contributed by atoms with E-state index in [0.717, 1.165) is 39.5 Å². The van der Waals surface area contributed by atoms with Crippen molar-refractivity contribution in [3.8, 4) is 0 Å². The summed E-state index contributed by atoms with van der Waals surface area (Å²) in [4.78, 5) is 13.8. The maximum Gasteiger partial charge on any atom is 0.335 e. The Hall–Kier alpha value is -3.32. The number of aromatic carboxylic acids is 1. The highest BCUT2D eigenvalue weighted by molar-refractivity contribution is 7.85. The van der Waals surface area contributed by atoms with Crippen LogP contribution in [0.4, 0.5) is 11.4 Å². The van der Waals surface area contributed by atoms with Crippen molar-refractivity contribution < 1.29 is 40.4 Å². The molecule has 0 aliphatic carbocycles. The van der Waals surface area contributed by atoms with E-state index >= 15 is 0 Å². The van der Waals surface area contributed by atoms with E-state index in [-0.39, 0.29) is 24.9 Å². The van der Waals surface area contributed by atoms with Gasteiger partial charge in [0, 0.05) is 59.0 Å². The number of allylic oxidation sites excluding steroid dienone is 4. The molecule has 1 N–H and O–H groups in total. The van der Waals surface area contributed by atoms with Crippen LogP contribution in [0, 0.1) is 6.92 Å². The summed E-state index contributed by atoms with van der Waals surface area (Å²) < 4.78 is 69.8. The highest BCUT2D eigenvalue weighted by Crippen LogP contribution is 2.48. The number of carbonyl (C=O) groups is 1. The van der Waals surface area contributed by atoms with Gasteiger partial charge in [-0.25, -0.2) is 21.6 Å². The monoisotopic (exact) mass is 629 g/mol. The van der Waals surface area contributed by atoms with Gasteiger partial charge in [0.25, 0.3) is 0 Å². The molecule has 0 aromatic heterocycles. The fourth-order valence-corrected chi connectivity index (χ4v) is 7.07. The van der Waals surface area contributed by atoms with Crippen LogP contribution in [0.3, 0.4) is 0 Å². The van der Waals surface area contributed by atoms with Crippen molar-refractivity contribution >= 4 is 43.3 Å². The summed E-state index contributed by atoms with van der Waals surface area (Å²) >= 11 is 0. The van der Waals surface area contributed by atoms with Gasteiger partial charge in [0.05, 0.1) is 31.2 Å². The number of nitrogens with zero attached hydrogens (tertiary/aromatic N) is 2. The van der Waals surface area contributed by atoms with Gasteiger partial charge >= 0.3 is 5.97 Å². The molecule has 0 radical (unpaired) electrons. The Morgan fingerprint density at radius 2 is 1.58 bits per heavy atom. The minimum absolute atomic E-state index is 0.0958. The molecule has 0 saturated heterocycles. The highest BCUT2D eigenvalue weighted by Gasteiger charge is 2.45. The van der Waals surface area contributed by atoms with Gasteiger partial charge in [0.2, 0.25) is 5.69 Å². The summed E-state index contributed by atoms with van der Waals surface area (Å²) in [5.74, 6) is -2.04. The molecular weight excluding hydrogens is 592 g/mol. The molecule has 2 aromatic rings. The fourth-order valence-electron chi connectivity index (χ4n) is 6.11. The van der Waals surface area contributed by atoms with E-state index in [2.05, 4.69) is 19.9 Å². The molecule has 0 bridgehead atoms. The number of benzene rings is 2. The molecular formula is C31H37N2O8S2-. The average molecular weight is 630 g/mol. The normalized spacial score (nSPS) is 18.5. The molecule has 43 heavy (non-hydrogen) atoms. The van der Waals surface area contributed by atoms with E-state index in [1.54, 1.807) is 12.1 Å². The first-order valence-corrected chi connectivity index (χ1v) is 17.2. The summed E-state index contributed by atoms with van der Waals surface area (Å²) in [6.07, 6.45) is 6.00.